The van der Waals surface area contributed by atoms with Crippen LogP contribution in [-0.4, -0.2) is 18.1 Å². The van der Waals surface area contributed by atoms with Gasteiger partial charge in [-0.2, -0.15) is 0 Å². The van der Waals surface area contributed by atoms with Gasteiger partial charge in [0, 0.05) is 24.0 Å². The summed E-state index contributed by atoms with van der Waals surface area (Å²) in [5.74, 6) is 0.454. The van der Waals surface area contributed by atoms with Crippen LogP contribution in [0, 0.1) is 12.7 Å². The number of rotatable bonds is 1. The number of aromatic nitrogens is 1. The third kappa shape index (κ3) is 1.92. The van der Waals surface area contributed by atoms with Gasteiger partial charge in [-0.05, 0) is 67.5 Å². The Morgan fingerprint density at radius 2 is 2.00 bits per heavy atom. The molecule has 20 heavy (non-hydrogen) atoms. The smallest absolute Gasteiger partial charge is 0.127 e. The largest absolute Gasteiger partial charge is 0.316 e. The molecule has 0 bridgehead atoms. The van der Waals surface area contributed by atoms with Crippen molar-refractivity contribution >= 4 is 10.9 Å². The van der Waals surface area contributed by atoms with E-state index in [1.165, 1.54) is 24.1 Å². The first-order valence-corrected chi connectivity index (χ1v) is 7.56. The normalized spacial score (nSPS) is 18.9. The molecule has 2 nitrogen and oxygen atoms in total. The van der Waals surface area contributed by atoms with Crippen LogP contribution in [-0.2, 0) is 12.8 Å². The standard InChI is InChI=1S/C17H19FN2/c1-10-13-8-12-4-6-19-7-5-16(12)20-17(13)14(9-15(10)18)11-2-3-11/h8-9,11,19H,2-7H2,1H3. The molecule has 2 heterocycles. The summed E-state index contributed by atoms with van der Waals surface area (Å²) in [6.07, 6.45) is 4.33. The van der Waals surface area contributed by atoms with Crippen LogP contribution in [0.2, 0.25) is 0 Å². The number of hydrogen-bond acceptors (Lipinski definition) is 2. The summed E-state index contributed by atoms with van der Waals surface area (Å²) in [5, 5.41) is 4.43. The van der Waals surface area contributed by atoms with Gasteiger partial charge in [-0.3, -0.25) is 4.98 Å². The van der Waals surface area contributed by atoms with E-state index in [-0.39, 0.29) is 5.82 Å². The van der Waals surface area contributed by atoms with Crippen molar-refractivity contribution in [1.29, 1.82) is 0 Å². The highest BCUT2D eigenvalue weighted by Crippen LogP contribution is 2.44. The number of pyridine rings is 1. The van der Waals surface area contributed by atoms with Crippen LogP contribution in [0.4, 0.5) is 4.39 Å². The molecule has 1 aliphatic carbocycles. The zero-order chi connectivity index (χ0) is 13.7. The molecule has 2 aliphatic rings. The van der Waals surface area contributed by atoms with Crippen LogP contribution in [0.5, 0.6) is 0 Å². The van der Waals surface area contributed by atoms with Crippen molar-refractivity contribution in [2.75, 3.05) is 13.1 Å². The molecule has 0 unspecified atom stereocenters. The quantitative estimate of drug-likeness (QED) is 0.860. The summed E-state index contributed by atoms with van der Waals surface area (Å²) in [7, 11) is 0. The van der Waals surface area contributed by atoms with E-state index in [2.05, 4.69) is 11.4 Å². The molecule has 4 rings (SSSR count). The summed E-state index contributed by atoms with van der Waals surface area (Å²) in [6.45, 7) is 3.85. The van der Waals surface area contributed by atoms with E-state index in [1.807, 2.05) is 6.92 Å². The van der Waals surface area contributed by atoms with Crippen LogP contribution in [0.25, 0.3) is 10.9 Å². The van der Waals surface area contributed by atoms with E-state index in [0.29, 0.717) is 5.92 Å². The van der Waals surface area contributed by atoms with Gasteiger partial charge in [-0.15, -0.1) is 0 Å². The van der Waals surface area contributed by atoms with E-state index in [9.17, 15) is 4.39 Å². The molecule has 1 aromatic carbocycles. The van der Waals surface area contributed by atoms with Gasteiger partial charge in [0.2, 0.25) is 0 Å². The molecule has 2 aromatic rings. The number of benzene rings is 1. The van der Waals surface area contributed by atoms with Crippen LogP contribution in [0.1, 0.15) is 41.1 Å². The van der Waals surface area contributed by atoms with Gasteiger partial charge < -0.3 is 5.32 Å². The van der Waals surface area contributed by atoms with Crippen molar-refractivity contribution in [2.45, 2.75) is 38.5 Å². The van der Waals surface area contributed by atoms with Crippen molar-refractivity contribution in [1.82, 2.24) is 10.3 Å². The molecule has 1 fully saturated rings. The molecule has 0 atom stereocenters. The van der Waals surface area contributed by atoms with Crippen molar-refractivity contribution < 1.29 is 4.39 Å². The highest BCUT2D eigenvalue weighted by Gasteiger charge is 2.28. The molecule has 1 N–H and O–H groups in total. The second-order valence-corrected chi connectivity index (χ2v) is 6.09. The molecular formula is C17H19FN2. The van der Waals surface area contributed by atoms with Crippen LogP contribution < -0.4 is 5.32 Å². The third-order valence-corrected chi connectivity index (χ3v) is 4.64. The minimum absolute atomic E-state index is 0.0760. The Kier molecular flexibility index (Phi) is 2.77. The maximum atomic E-state index is 14.2. The average Bonchev–Trinajstić information content (AvgIpc) is 3.27. The zero-order valence-electron chi connectivity index (χ0n) is 11.8. The average molecular weight is 270 g/mol. The first-order valence-electron chi connectivity index (χ1n) is 7.56. The minimum atomic E-state index is -0.0760. The number of nitrogens with one attached hydrogen (secondary N) is 1. The van der Waals surface area contributed by atoms with Crippen molar-refractivity contribution in [3.05, 3.63) is 40.3 Å². The van der Waals surface area contributed by atoms with E-state index in [1.54, 1.807) is 6.07 Å². The van der Waals surface area contributed by atoms with E-state index in [0.717, 1.165) is 48.0 Å². The topological polar surface area (TPSA) is 24.9 Å². The number of halogens is 1. The maximum Gasteiger partial charge on any atom is 0.127 e. The highest BCUT2D eigenvalue weighted by atomic mass is 19.1. The van der Waals surface area contributed by atoms with Gasteiger partial charge in [0.1, 0.15) is 5.82 Å². The second-order valence-electron chi connectivity index (χ2n) is 6.09. The number of nitrogens with zero attached hydrogens (tertiary/aromatic N) is 1. The minimum Gasteiger partial charge on any atom is -0.316 e. The maximum absolute atomic E-state index is 14.2. The molecule has 1 aromatic heterocycles. The fourth-order valence-electron chi connectivity index (χ4n) is 3.23. The van der Waals surface area contributed by atoms with Crippen molar-refractivity contribution in [2.24, 2.45) is 0 Å². The molecule has 0 spiro atoms. The second kappa shape index (κ2) is 4.52. The first kappa shape index (κ1) is 12.3. The summed E-state index contributed by atoms with van der Waals surface area (Å²) in [5.41, 5.74) is 5.42. The molecule has 1 saturated carbocycles. The monoisotopic (exact) mass is 270 g/mol. The fourth-order valence-corrected chi connectivity index (χ4v) is 3.23. The molecule has 0 amide bonds. The van der Waals surface area contributed by atoms with Gasteiger partial charge in [-0.1, -0.05) is 0 Å². The van der Waals surface area contributed by atoms with E-state index >= 15 is 0 Å². The SMILES string of the molecule is Cc1c(F)cc(C2CC2)c2nc3c(cc12)CCNCC3. The lowest BCUT2D eigenvalue weighted by molar-refractivity contribution is 0.618. The molecule has 104 valence electrons. The van der Waals surface area contributed by atoms with Gasteiger partial charge in [0.15, 0.2) is 0 Å². The molecular weight excluding hydrogens is 251 g/mol. The van der Waals surface area contributed by atoms with Crippen LogP contribution in [0.15, 0.2) is 12.1 Å². The number of aryl methyl sites for hydroxylation is 1. The van der Waals surface area contributed by atoms with Gasteiger partial charge in [-0.25, -0.2) is 4.39 Å². The van der Waals surface area contributed by atoms with E-state index < -0.39 is 0 Å². The first-order chi connectivity index (χ1) is 9.74. The lowest BCUT2D eigenvalue weighted by Crippen LogP contribution is -2.16. The van der Waals surface area contributed by atoms with Crippen molar-refractivity contribution in [3.8, 4) is 0 Å². The Balaban J connectivity index is 2.00. The highest BCUT2D eigenvalue weighted by molar-refractivity contribution is 5.87. The Morgan fingerprint density at radius 1 is 1.20 bits per heavy atom. The lowest BCUT2D eigenvalue weighted by Gasteiger charge is -2.13. The van der Waals surface area contributed by atoms with Gasteiger partial charge in [0.25, 0.3) is 0 Å². The van der Waals surface area contributed by atoms with Crippen LogP contribution in [0.3, 0.4) is 0 Å². The summed E-state index contributed by atoms with van der Waals surface area (Å²) in [6, 6.07) is 3.92. The van der Waals surface area contributed by atoms with Gasteiger partial charge in [0.05, 0.1) is 5.52 Å². The predicted molar refractivity (Wildman–Crippen MR) is 78.7 cm³/mol. The fraction of sp³-hybridized carbons (Fsp3) is 0.471. The van der Waals surface area contributed by atoms with E-state index in [4.69, 9.17) is 4.98 Å². The zero-order valence-corrected chi connectivity index (χ0v) is 11.8. The number of fused-ring (bicyclic) bond motifs is 2. The van der Waals surface area contributed by atoms with Crippen LogP contribution >= 0.6 is 0 Å². The Hall–Kier alpha value is -1.48. The summed E-state index contributed by atoms with van der Waals surface area (Å²) < 4.78 is 14.2. The summed E-state index contributed by atoms with van der Waals surface area (Å²) in [4.78, 5) is 4.93. The molecule has 0 saturated heterocycles. The Bertz CT molecular complexity index is 689. The lowest BCUT2D eigenvalue weighted by atomic mass is 9.97. The molecule has 0 radical (unpaired) electrons. The molecule has 1 aliphatic heterocycles. The predicted octanol–water partition coefficient (Wildman–Crippen LogP) is 3.25. The Morgan fingerprint density at radius 3 is 2.80 bits per heavy atom. The summed E-state index contributed by atoms with van der Waals surface area (Å²) >= 11 is 0. The third-order valence-electron chi connectivity index (χ3n) is 4.64. The van der Waals surface area contributed by atoms with Gasteiger partial charge >= 0.3 is 0 Å². The molecule has 3 heteroatoms. The van der Waals surface area contributed by atoms with Crippen molar-refractivity contribution in [3.63, 3.8) is 0 Å². The Labute approximate surface area is 118 Å². The number of hydrogen-bond donors (Lipinski definition) is 1.